The molecule has 7 nitrogen and oxygen atoms in total. The van der Waals surface area contributed by atoms with E-state index in [2.05, 4.69) is 35.0 Å². The number of amides is 1. The van der Waals surface area contributed by atoms with Gasteiger partial charge in [0.25, 0.3) is 0 Å². The van der Waals surface area contributed by atoms with E-state index in [4.69, 9.17) is 9.72 Å². The highest BCUT2D eigenvalue weighted by Crippen LogP contribution is 2.53. The smallest absolute Gasteiger partial charge is 0.412 e. The van der Waals surface area contributed by atoms with Crippen molar-refractivity contribution in [1.82, 2.24) is 14.9 Å². The molecule has 1 aliphatic carbocycles. The molecule has 2 aromatic carbocycles. The molecular formula is C28H34N4O3. The summed E-state index contributed by atoms with van der Waals surface area (Å²) in [5.74, 6) is 1.99. The Hall–Kier alpha value is -3.06. The number of ether oxygens (including phenoxy) is 1. The maximum Gasteiger partial charge on any atom is 0.412 e. The highest BCUT2D eigenvalue weighted by Gasteiger charge is 2.50. The van der Waals surface area contributed by atoms with Crippen LogP contribution >= 0.6 is 0 Å². The predicted octanol–water partition coefficient (Wildman–Crippen LogP) is 4.88. The number of rotatable bonds is 5. The number of hydrogen-bond acceptors (Lipinski definition) is 4. The minimum atomic E-state index is -0.881. The molecule has 3 aliphatic rings. The summed E-state index contributed by atoms with van der Waals surface area (Å²) in [6.07, 6.45) is 4.91. The van der Waals surface area contributed by atoms with Crippen LogP contribution in [0.5, 0.6) is 5.75 Å². The number of anilines is 1. The Balaban J connectivity index is 1.43. The second-order valence-corrected chi connectivity index (χ2v) is 10.8. The third kappa shape index (κ3) is 3.59. The van der Waals surface area contributed by atoms with E-state index in [1.54, 1.807) is 12.0 Å². The van der Waals surface area contributed by atoms with Crippen LogP contribution in [0.4, 0.5) is 10.5 Å². The first kappa shape index (κ1) is 22.4. The normalized spacial score (nSPS) is 21.0. The summed E-state index contributed by atoms with van der Waals surface area (Å²) in [5.41, 5.74) is 6.93. The number of fused-ring (bicyclic) bond motifs is 3. The molecule has 6 rings (SSSR count). The summed E-state index contributed by atoms with van der Waals surface area (Å²) >= 11 is 0. The summed E-state index contributed by atoms with van der Waals surface area (Å²) in [7, 11) is 1.70. The number of nitrogens with zero attached hydrogens (tertiary/aromatic N) is 3. The average Bonchev–Trinajstić information content (AvgIpc) is 3.15. The quantitative estimate of drug-likeness (QED) is 0.551. The van der Waals surface area contributed by atoms with Crippen LogP contribution in [0.25, 0.3) is 11.0 Å². The number of nitrogens with one attached hydrogen (secondary N) is 1. The molecule has 35 heavy (non-hydrogen) atoms. The summed E-state index contributed by atoms with van der Waals surface area (Å²) in [5, 5.41) is 13.4. The summed E-state index contributed by atoms with van der Waals surface area (Å²) in [4.78, 5) is 18.9. The highest BCUT2D eigenvalue weighted by molar-refractivity contribution is 5.96. The first-order valence-corrected chi connectivity index (χ1v) is 12.8. The zero-order valence-corrected chi connectivity index (χ0v) is 20.8. The number of methoxy groups -OCH3 is 1. The second-order valence-electron chi connectivity index (χ2n) is 10.8. The number of carbonyl (C=O) groups is 1. The third-order valence-electron chi connectivity index (χ3n) is 8.50. The maximum absolute atomic E-state index is 12.1. The van der Waals surface area contributed by atoms with Crippen molar-refractivity contribution in [2.24, 2.45) is 5.41 Å². The number of benzene rings is 2. The fourth-order valence-corrected chi connectivity index (χ4v) is 6.56. The Labute approximate surface area is 206 Å². The fourth-order valence-electron chi connectivity index (χ4n) is 6.56. The van der Waals surface area contributed by atoms with Crippen molar-refractivity contribution in [3.05, 3.63) is 52.8 Å². The van der Waals surface area contributed by atoms with Gasteiger partial charge in [0.1, 0.15) is 11.6 Å². The minimum Gasteiger partial charge on any atom is -0.497 e. The topological polar surface area (TPSA) is 79.6 Å². The van der Waals surface area contributed by atoms with E-state index in [0.29, 0.717) is 11.5 Å². The lowest BCUT2D eigenvalue weighted by atomic mass is 9.61. The molecule has 3 heterocycles. The number of aromatic nitrogens is 2. The van der Waals surface area contributed by atoms with Crippen LogP contribution in [0.3, 0.4) is 0 Å². The van der Waals surface area contributed by atoms with Gasteiger partial charge in [-0.15, -0.1) is 0 Å². The van der Waals surface area contributed by atoms with Crippen LogP contribution in [0.15, 0.2) is 30.3 Å². The Morgan fingerprint density at radius 1 is 1.26 bits per heavy atom. The molecule has 1 aromatic heterocycles. The molecule has 1 atom stereocenters. The maximum atomic E-state index is 12.1. The molecule has 0 bridgehead atoms. The zero-order valence-electron chi connectivity index (χ0n) is 20.8. The molecule has 1 saturated heterocycles. The first-order valence-electron chi connectivity index (χ1n) is 12.8. The number of aryl methyl sites for hydroxylation is 4. The standard InChI is InChI=1S/C28H34N4O3/c1-17-11-23-22(9-7-18(2)31(23)27(33)34)25-26(17)32(20-13-28(14-20)15-29-16-28)24(30-25)10-8-19-5-4-6-21(12-19)35-3/h4-6,11-12,18,20,29H,7-10,13-16H2,1-3H3,(H,33,34). The van der Waals surface area contributed by atoms with Crippen LogP contribution in [-0.4, -0.2) is 47.0 Å². The van der Waals surface area contributed by atoms with Crippen LogP contribution < -0.4 is 15.0 Å². The van der Waals surface area contributed by atoms with Gasteiger partial charge in [-0.25, -0.2) is 9.78 Å². The molecule has 184 valence electrons. The molecule has 1 amide bonds. The zero-order chi connectivity index (χ0) is 24.3. The van der Waals surface area contributed by atoms with Crippen molar-refractivity contribution in [1.29, 1.82) is 0 Å². The number of hydrogen-bond donors (Lipinski definition) is 2. The molecule has 2 aliphatic heterocycles. The van der Waals surface area contributed by atoms with Gasteiger partial charge in [0.15, 0.2) is 0 Å². The van der Waals surface area contributed by atoms with Gasteiger partial charge in [-0.3, -0.25) is 4.90 Å². The van der Waals surface area contributed by atoms with Gasteiger partial charge in [0.2, 0.25) is 0 Å². The molecule has 0 radical (unpaired) electrons. The average molecular weight is 475 g/mol. The lowest BCUT2D eigenvalue weighted by Crippen LogP contribution is -2.60. The Morgan fingerprint density at radius 2 is 2.06 bits per heavy atom. The first-order chi connectivity index (χ1) is 16.9. The predicted molar refractivity (Wildman–Crippen MR) is 137 cm³/mol. The molecule has 1 unspecified atom stereocenters. The Kier molecular flexibility index (Phi) is 5.29. The van der Waals surface area contributed by atoms with E-state index in [9.17, 15) is 9.90 Å². The number of carboxylic acid groups (broad SMARTS) is 1. The molecule has 1 saturated carbocycles. The lowest BCUT2D eigenvalue weighted by Gasteiger charge is -2.55. The van der Waals surface area contributed by atoms with E-state index in [0.717, 1.165) is 72.7 Å². The van der Waals surface area contributed by atoms with Crippen LogP contribution in [-0.2, 0) is 19.3 Å². The SMILES string of the molecule is COc1cccc(CCc2nc3c4c(cc(C)c3n2C2CC3(CNC3)C2)N(C(=O)O)C(C)CC4)c1. The molecule has 2 fully saturated rings. The van der Waals surface area contributed by atoms with E-state index >= 15 is 0 Å². The van der Waals surface area contributed by atoms with Gasteiger partial charge < -0.3 is 19.7 Å². The van der Waals surface area contributed by atoms with Gasteiger partial charge in [-0.1, -0.05) is 12.1 Å². The molecule has 2 N–H and O–H groups in total. The second kappa shape index (κ2) is 8.26. The van der Waals surface area contributed by atoms with Gasteiger partial charge in [-0.05, 0) is 80.7 Å². The van der Waals surface area contributed by atoms with E-state index in [-0.39, 0.29) is 6.04 Å². The third-order valence-corrected chi connectivity index (χ3v) is 8.50. The largest absolute Gasteiger partial charge is 0.497 e. The monoisotopic (exact) mass is 474 g/mol. The highest BCUT2D eigenvalue weighted by atomic mass is 16.5. The van der Waals surface area contributed by atoms with Gasteiger partial charge >= 0.3 is 6.09 Å². The Bertz CT molecular complexity index is 1300. The van der Waals surface area contributed by atoms with Crippen molar-refractivity contribution in [2.45, 2.75) is 64.5 Å². The van der Waals surface area contributed by atoms with Gasteiger partial charge in [-0.2, -0.15) is 0 Å². The fraction of sp³-hybridized carbons (Fsp3) is 0.500. The van der Waals surface area contributed by atoms with Gasteiger partial charge in [0.05, 0.1) is 23.8 Å². The van der Waals surface area contributed by atoms with Crippen molar-refractivity contribution < 1.29 is 14.6 Å². The van der Waals surface area contributed by atoms with Crippen molar-refractivity contribution in [3.63, 3.8) is 0 Å². The van der Waals surface area contributed by atoms with Crippen LogP contribution in [0.1, 0.15) is 54.7 Å². The molecule has 7 heteroatoms. The van der Waals surface area contributed by atoms with E-state index < -0.39 is 6.09 Å². The minimum absolute atomic E-state index is 0.0240. The van der Waals surface area contributed by atoms with Crippen molar-refractivity contribution in [2.75, 3.05) is 25.1 Å². The van der Waals surface area contributed by atoms with Gasteiger partial charge in [0, 0.05) is 37.2 Å². The van der Waals surface area contributed by atoms with E-state index in [1.807, 2.05) is 19.1 Å². The molecule has 3 aromatic rings. The molecular weight excluding hydrogens is 440 g/mol. The lowest BCUT2D eigenvalue weighted by molar-refractivity contribution is 0.00807. The summed E-state index contributed by atoms with van der Waals surface area (Å²) in [6.45, 7) is 6.35. The van der Waals surface area contributed by atoms with Crippen LogP contribution in [0.2, 0.25) is 0 Å². The molecule has 1 spiro atoms. The van der Waals surface area contributed by atoms with Crippen molar-refractivity contribution in [3.8, 4) is 5.75 Å². The van der Waals surface area contributed by atoms with Crippen LogP contribution in [0, 0.1) is 12.3 Å². The van der Waals surface area contributed by atoms with Crippen molar-refractivity contribution >= 4 is 22.8 Å². The summed E-state index contributed by atoms with van der Waals surface area (Å²) < 4.78 is 7.93. The summed E-state index contributed by atoms with van der Waals surface area (Å²) in [6, 6.07) is 10.8. The number of imidazole rings is 1. The Morgan fingerprint density at radius 3 is 2.74 bits per heavy atom. The van der Waals surface area contributed by atoms with E-state index in [1.165, 1.54) is 23.9 Å².